The Kier molecular flexibility index (Phi) is 9.01. The molecule has 2 amide bonds. The van der Waals surface area contributed by atoms with Gasteiger partial charge in [0.25, 0.3) is 0 Å². The first-order chi connectivity index (χ1) is 27.1. The van der Waals surface area contributed by atoms with Crippen LogP contribution >= 0.6 is 0 Å². The molecular weight excluding hydrogens is 748 g/mol. The molecule has 1 aliphatic heterocycles. The lowest BCUT2D eigenvalue weighted by Crippen LogP contribution is -2.58. The third kappa shape index (κ3) is 5.87. The maximum atomic E-state index is 15.2. The largest absolute Gasteiger partial charge is 0.507 e. The number of para-hydroxylation sites is 1. The van der Waals surface area contributed by atoms with Gasteiger partial charge in [0.05, 0.1) is 34.1 Å². The monoisotopic (exact) mass is 781 g/mol. The summed E-state index contributed by atoms with van der Waals surface area (Å²) in [6.45, 7) is 3.78. The Bertz CT molecular complexity index is 2390. The number of alkyl halides is 6. The van der Waals surface area contributed by atoms with Crippen molar-refractivity contribution in [1.29, 1.82) is 0 Å². The van der Waals surface area contributed by atoms with Crippen LogP contribution in [0.15, 0.2) is 127 Å². The number of anilines is 1. The van der Waals surface area contributed by atoms with Gasteiger partial charge in [-0.1, -0.05) is 96.6 Å². The zero-order chi connectivity index (χ0) is 40.6. The summed E-state index contributed by atoms with van der Waals surface area (Å²) in [5.74, 6) is -8.81. The lowest BCUT2D eigenvalue weighted by molar-refractivity contribution is -0.143. The highest BCUT2D eigenvalue weighted by atomic mass is 19.4. The van der Waals surface area contributed by atoms with Crippen molar-refractivity contribution in [2.45, 2.75) is 42.9 Å². The summed E-state index contributed by atoms with van der Waals surface area (Å²) in [5.41, 5.74) is -3.66. The number of nitrogens with zero attached hydrogens (tertiary/aromatic N) is 1. The van der Waals surface area contributed by atoms with Crippen LogP contribution in [0.5, 0.6) is 5.75 Å². The molecule has 4 aromatic rings. The van der Waals surface area contributed by atoms with Crippen LogP contribution in [-0.4, -0.2) is 28.5 Å². The van der Waals surface area contributed by atoms with E-state index in [0.29, 0.717) is 39.3 Å². The highest BCUT2D eigenvalue weighted by Gasteiger charge is 2.66. The van der Waals surface area contributed by atoms with Crippen LogP contribution in [0.2, 0.25) is 0 Å². The number of carbonyl (C=O) groups excluding carboxylic acids is 4. The first-order valence-electron chi connectivity index (χ1n) is 18.3. The lowest BCUT2D eigenvalue weighted by Gasteiger charge is -2.55. The van der Waals surface area contributed by atoms with Crippen LogP contribution in [0.1, 0.15) is 52.1 Å². The van der Waals surface area contributed by atoms with Gasteiger partial charge >= 0.3 is 12.4 Å². The fourth-order valence-corrected chi connectivity index (χ4v) is 9.71. The molecule has 6 atom stereocenters. The molecule has 1 heterocycles. The number of imide groups is 1. The Balaban J connectivity index is 1.35. The van der Waals surface area contributed by atoms with E-state index in [-0.39, 0.29) is 42.2 Å². The summed E-state index contributed by atoms with van der Waals surface area (Å²) in [7, 11) is 0. The van der Waals surface area contributed by atoms with Crippen LogP contribution in [-0.2, 0) is 43.4 Å². The molecule has 0 bridgehead atoms. The van der Waals surface area contributed by atoms with Gasteiger partial charge in [-0.15, -0.1) is 6.58 Å². The number of carbonyl (C=O) groups is 4. The summed E-state index contributed by atoms with van der Waals surface area (Å²) in [4.78, 5) is 59.4. The van der Waals surface area contributed by atoms with Crippen LogP contribution in [0, 0.1) is 23.7 Å². The van der Waals surface area contributed by atoms with Crippen molar-refractivity contribution in [3.8, 4) is 5.75 Å². The van der Waals surface area contributed by atoms with E-state index < -0.39 is 87.6 Å². The van der Waals surface area contributed by atoms with Crippen LogP contribution in [0.3, 0.4) is 0 Å². The number of amides is 2. The fourth-order valence-electron chi connectivity index (χ4n) is 9.71. The summed E-state index contributed by atoms with van der Waals surface area (Å²) in [5, 5.41) is 12.0. The van der Waals surface area contributed by atoms with E-state index in [1.165, 1.54) is 6.08 Å². The maximum Gasteiger partial charge on any atom is 0.416 e. The number of benzene rings is 4. The second kappa shape index (κ2) is 13.6. The molecule has 8 rings (SSSR count). The van der Waals surface area contributed by atoms with Crippen molar-refractivity contribution in [3.05, 3.63) is 161 Å². The molecule has 1 saturated heterocycles. The Morgan fingerprint density at radius 1 is 0.789 bits per heavy atom. The van der Waals surface area contributed by atoms with Crippen molar-refractivity contribution >= 4 is 34.6 Å². The second-order valence-electron chi connectivity index (χ2n) is 14.9. The smallest absolute Gasteiger partial charge is 0.416 e. The van der Waals surface area contributed by atoms with Gasteiger partial charge < -0.3 is 5.11 Å². The van der Waals surface area contributed by atoms with E-state index in [1.54, 1.807) is 91.0 Å². The average molecular weight is 782 g/mol. The summed E-state index contributed by atoms with van der Waals surface area (Å²) < 4.78 is 83.7. The normalized spacial score (nSPS) is 26.0. The molecular formula is C45H33F6NO5. The molecule has 290 valence electrons. The third-order valence-corrected chi connectivity index (χ3v) is 12.0. The molecule has 0 radical (unpaired) electrons. The van der Waals surface area contributed by atoms with Gasteiger partial charge in [-0.3, -0.25) is 19.2 Å². The molecule has 1 N–H and O–H groups in total. The van der Waals surface area contributed by atoms with Crippen molar-refractivity contribution < 1.29 is 50.6 Å². The zero-order valence-corrected chi connectivity index (χ0v) is 30.0. The standard InChI is InChI=1S/C45H33F6NO5/c1-2-10-25-13-9-16-32(39(25)54)38-30-17-18-31-37(42(57)52(41(31)56)29-20-27(44(46,47)48)19-28(21-29)45(49,50)51)34(30)22-35-40(55)33(24-11-5-3-6-12-24)23-36(53)43(35,38)26-14-7-4-8-15-26/h2-9,11-17,19-21,23,31,34-35,37-38,54H,1,10,18,22H2/t31-,34+,35-,37-,38+,43-/m0/s1. The van der Waals surface area contributed by atoms with Crippen molar-refractivity contribution in [2.75, 3.05) is 4.90 Å². The number of hydrogen-bond donors (Lipinski definition) is 1. The van der Waals surface area contributed by atoms with E-state index in [4.69, 9.17) is 0 Å². The van der Waals surface area contributed by atoms with Crippen LogP contribution < -0.4 is 4.90 Å². The van der Waals surface area contributed by atoms with Crippen molar-refractivity contribution in [1.82, 2.24) is 0 Å². The highest BCUT2D eigenvalue weighted by Crippen LogP contribution is 2.64. The first kappa shape index (κ1) is 37.9. The minimum Gasteiger partial charge on any atom is -0.507 e. The number of phenolic OH excluding ortho intramolecular Hbond substituents is 1. The Morgan fingerprint density at radius 3 is 2.04 bits per heavy atom. The third-order valence-electron chi connectivity index (χ3n) is 12.0. The van der Waals surface area contributed by atoms with E-state index in [2.05, 4.69) is 6.58 Å². The van der Waals surface area contributed by atoms with Gasteiger partial charge in [-0.05, 0) is 66.1 Å². The van der Waals surface area contributed by atoms with Gasteiger partial charge in [0, 0.05) is 23.0 Å². The molecule has 6 nitrogen and oxygen atoms in total. The molecule has 0 spiro atoms. The number of hydrogen-bond acceptors (Lipinski definition) is 5. The van der Waals surface area contributed by atoms with Crippen LogP contribution in [0.25, 0.3) is 5.57 Å². The molecule has 1 saturated carbocycles. The first-order valence-corrected chi connectivity index (χ1v) is 18.3. The van der Waals surface area contributed by atoms with E-state index >= 15 is 9.59 Å². The predicted molar refractivity (Wildman–Crippen MR) is 198 cm³/mol. The van der Waals surface area contributed by atoms with Gasteiger partial charge in [0.2, 0.25) is 11.8 Å². The van der Waals surface area contributed by atoms with Crippen molar-refractivity contribution in [2.24, 2.45) is 23.7 Å². The predicted octanol–water partition coefficient (Wildman–Crippen LogP) is 9.19. The molecule has 12 heteroatoms. The number of phenols is 1. The van der Waals surface area contributed by atoms with Gasteiger partial charge in [0.1, 0.15) is 5.75 Å². The Hall–Kier alpha value is -6.04. The lowest BCUT2D eigenvalue weighted by atomic mass is 9.44. The van der Waals surface area contributed by atoms with Gasteiger partial charge in [-0.2, -0.15) is 26.3 Å². The number of fused-ring (bicyclic) bond motifs is 4. The van der Waals surface area contributed by atoms with E-state index in [1.807, 2.05) is 0 Å². The van der Waals surface area contributed by atoms with Crippen molar-refractivity contribution in [3.63, 3.8) is 0 Å². The SMILES string of the molecule is C=CCc1cccc([C@H]2C3=CC[C@@H]4C(=O)N(c5cc(C(F)(F)F)cc(C(F)(F)F)c5)C(=O)[C@@H]4[C@@H]3C[C@H]3C(=O)C(c4ccccc4)=CC(=O)[C@@]23c2ccccc2)c1O. The van der Waals surface area contributed by atoms with Gasteiger partial charge in [-0.25, -0.2) is 4.90 Å². The number of rotatable bonds is 6. The second-order valence-corrected chi connectivity index (χ2v) is 14.9. The maximum absolute atomic E-state index is 15.2. The molecule has 4 aromatic carbocycles. The topological polar surface area (TPSA) is 91.8 Å². The summed E-state index contributed by atoms with van der Waals surface area (Å²) in [6, 6.07) is 22.8. The average Bonchev–Trinajstić information content (AvgIpc) is 3.45. The highest BCUT2D eigenvalue weighted by molar-refractivity contribution is 6.32. The summed E-state index contributed by atoms with van der Waals surface area (Å²) >= 11 is 0. The molecule has 4 aliphatic rings. The molecule has 2 fully saturated rings. The molecule has 57 heavy (non-hydrogen) atoms. The summed E-state index contributed by atoms with van der Waals surface area (Å²) in [6.07, 6.45) is -5.94. The van der Waals surface area contributed by atoms with Crippen LogP contribution in [0.4, 0.5) is 32.0 Å². The zero-order valence-electron chi connectivity index (χ0n) is 30.0. The van der Waals surface area contributed by atoms with E-state index in [0.717, 1.165) is 0 Å². The fraction of sp³-hybridized carbons (Fsp3) is 0.244. The minimum absolute atomic E-state index is 0.0768. The minimum atomic E-state index is -5.24. The van der Waals surface area contributed by atoms with E-state index in [9.17, 15) is 41.0 Å². The van der Waals surface area contributed by atoms with Gasteiger partial charge in [0.15, 0.2) is 11.6 Å². The number of Topliss-reactive ketones (excluding diaryl/α,β-unsaturated/α-hetero) is 1. The Morgan fingerprint density at radius 2 is 1.42 bits per heavy atom. The number of ketones is 2. The number of allylic oxidation sites excluding steroid dienone is 5. The molecule has 0 aromatic heterocycles. The number of halogens is 6. The number of aromatic hydroxyl groups is 1. The Labute approximate surface area is 322 Å². The molecule has 3 aliphatic carbocycles. The quantitative estimate of drug-likeness (QED) is 0.120. The molecule has 0 unspecified atom stereocenters.